The number of fused-ring (bicyclic) bond motifs is 9. The quantitative estimate of drug-likeness (QED) is 0.190. The summed E-state index contributed by atoms with van der Waals surface area (Å²) in [6.07, 6.45) is 1.84. The molecule has 0 radical (unpaired) electrons. The van der Waals surface area contributed by atoms with Crippen LogP contribution < -0.4 is 0 Å². The van der Waals surface area contributed by atoms with Crippen molar-refractivity contribution in [3.63, 3.8) is 0 Å². The second kappa shape index (κ2) is 10.8. The van der Waals surface area contributed by atoms with Crippen molar-refractivity contribution in [2.75, 3.05) is 0 Å². The Morgan fingerprint density at radius 2 is 0.980 bits per heavy atom. The van der Waals surface area contributed by atoms with E-state index in [2.05, 4.69) is 160 Å². The lowest BCUT2D eigenvalue weighted by Gasteiger charge is -2.11. The summed E-state index contributed by atoms with van der Waals surface area (Å²) in [5.74, 6) is 0. The first-order valence-corrected chi connectivity index (χ1v) is 17.3. The zero-order valence-electron chi connectivity index (χ0n) is 27.5. The zero-order chi connectivity index (χ0) is 33.5. The molecule has 0 spiro atoms. The molecular formula is C47H29N3O. The Kier molecular flexibility index (Phi) is 5.92. The topological polar surface area (TPSA) is 35.9 Å². The third kappa shape index (κ3) is 4.17. The largest absolute Gasteiger partial charge is 0.455 e. The van der Waals surface area contributed by atoms with Crippen molar-refractivity contribution in [2.24, 2.45) is 0 Å². The number of hydrogen-bond donors (Lipinski definition) is 0. The molecule has 0 amide bonds. The number of rotatable bonds is 4. The summed E-state index contributed by atoms with van der Waals surface area (Å²) in [6, 6.07) is 60.6. The average Bonchev–Trinajstić information content (AvgIpc) is 3.86. The predicted molar refractivity (Wildman–Crippen MR) is 211 cm³/mol. The number of benzene rings is 7. The van der Waals surface area contributed by atoms with Gasteiger partial charge in [0.05, 0.1) is 27.8 Å². The molecule has 0 aliphatic rings. The van der Waals surface area contributed by atoms with Crippen molar-refractivity contribution < 1.29 is 4.42 Å². The fraction of sp³-hybridized carbons (Fsp3) is 0. The minimum absolute atomic E-state index is 0.905. The summed E-state index contributed by atoms with van der Waals surface area (Å²) in [7, 11) is 0. The zero-order valence-corrected chi connectivity index (χ0v) is 27.5. The van der Waals surface area contributed by atoms with Crippen LogP contribution in [0, 0.1) is 0 Å². The summed E-state index contributed by atoms with van der Waals surface area (Å²) in [5.41, 5.74) is 13.0. The van der Waals surface area contributed by atoms with Gasteiger partial charge in [-0.3, -0.25) is 4.98 Å². The Bertz CT molecular complexity index is 3070. The molecule has 0 aliphatic heterocycles. The molecule has 238 valence electrons. The Balaban J connectivity index is 1.17. The molecule has 4 aromatic heterocycles. The lowest BCUT2D eigenvalue weighted by molar-refractivity contribution is 0.670. The van der Waals surface area contributed by atoms with Gasteiger partial charge in [-0.2, -0.15) is 0 Å². The van der Waals surface area contributed by atoms with Gasteiger partial charge in [-0.25, -0.2) is 0 Å². The number of pyridine rings is 1. The Morgan fingerprint density at radius 3 is 1.75 bits per heavy atom. The highest BCUT2D eigenvalue weighted by molar-refractivity contribution is 6.14. The van der Waals surface area contributed by atoms with E-state index < -0.39 is 0 Å². The molecule has 0 saturated heterocycles. The third-order valence-electron chi connectivity index (χ3n) is 10.4. The Morgan fingerprint density at radius 1 is 0.392 bits per heavy atom. The van der Waals surface area contributed by atoms with E-state index in [0.717, 1.165) is 66.7 Å². The highest BCUT2D eigenvalue weighted by atomic mass is 16.3. The summed E-state index contributed by atoms with van der Waals surface area (Å²) in [6.45, 7) is 0. The predicted octanol–water partition coefficient (Wildman–Crippen LogP) is 12.5. The van der Waals surface area contributed by atoms with Crippen LogP contribution in [0.3, 0.4) is 0 Å². The number of furan rings is 1. The average molecular weight is 652 g/mol. The van der Waals surface area contributed by atoms with Crippen molar-refractivity contribution in [1.29, 1.82) is 0 Å². The van der Waals surface area contributed by atoms with Crippen LogP contribution in [-0.2, 0) is 0 Å². The molecule has 0 atom stereocenters. The number of aromatic nitrogens is 3. The standard InChI is InChI=1S/C47H29N3O/c1-4-16-42-35(10-1)36-11-2-5-17-43(36)50(42)33-24-26-45-40(29-33)39-28-31(34-13-9-14-38-37-12-3-6-18-46(37)51-47(34)38)21-25-44(39)49(45)32-22-19-30(20-23-32)41-15-7-8-27-48-41/h1-29H. The van der Waals surface area contributed by atoms with Crippen LogP contribution in [0.1, 0.15) is 0 Å². The smallest absolute Gasteiger partial charge is 0.143 e. The first-order chi connectivity index (χ1) is 25.3. The Labute approximate surface area is 293 Å². The van der Waals surface area contributed by atoms with Crippen LogP contribution in [0.15, 0.2) is 180 Å². The molecule has 0 aliphatic carbocycles. The van der Waals surface area contributed by atoms with Gasteiger partial charge in [0.1, 0.15) is 11.2 Å². The normalized spacial score (nSPS) is 11.9. The van der Waals surface area contributed by atoms with Gasteiger partial charge in [-0.05, 0) is 78.4 Å². The molecule has 7 aromatic carbocycles. The second-order valence-electron chi connectivity index (χ2n) is 13.2. The number of nitrogens with zero attached hydrogens (tertiary/aromatic N) is 3. The van der Waals surface area contributed by atoms with Gasteiger partial charge in [-0.15, -0.1) is 0 Å². The fourth-order valence-electron chi connectivity index (χ4n) is 8.09. The van der Waals surface area contributed by atoms with E-state index in [-0.39, 0.29) is 0 Å². The van der Waals surface area contributed by atoms with E-state index in [1.165, 1.54) is 32.6 Å². The van der Waals surface area contributed by atoms with Crippen LogP contribution in [0.4, 0.5) is 0 Å². The summed E-state index contributed by atoms with van der Waals surface area (Å²) < 4.78 is 11.3. The maximum absolute atomic E-state index is 6.50. The number of hydrogen-bond acceptors (Lipinski definition) is 2. The van der Waals surface area contributed by atoms with E-state index in [0.29, 0.717) is 0 Å². The summed E-state index contributed by atoms with van der Waals surface area (Å²) >= 11 is 0. The summed E-state index contributed by atoms with van der Waals surface area (Å²) in [5, 5.41) is 7.16. The lowest BCUT2D eigenvalue weighted by atomic mass is 10.00. The monoisotopic (exact) mass is 651 g/mol. The first-order valence-electron chi connectivity index (χ1n) is 17.3. The molecule has 11 aromatic rings. The number of para-hydroxylation sites is 4. The van der Waals surface area contributed by atoms with Crippen molar-refractivity contribution >= 4 is 65.6 Å². The van der Waals surface area contributed by atoms with Gasteiger partial charge in [0, 0.05) is 61.0 Å². The molecule has 4 heterocycles. The molecule has 0 fully saturated rings. The van der Waals surface area contributed by atoms with Gasteiger partial charge in [0.2, 0.25) is 0 Å². The molecule has 51 heavy (non-hydrogen) atoms. The molecule has 0 N–H and O–H groups in total. The van der Waals surface area contributed by atoms with Crippen LogP contribution in [0.2, 0.25) is 0 Å². The van der Waals surface area contributed by atoms with Gasteiger partial charge in [-0.1, -0.05) is 97.1 Å². The van der Waals surface area contributed by atoms with Crippen molar-refractivity contribution in [3.05, 3.63) is 176 Å². The molecule has 4 heteroatoms. The van der Waals surface area contributed by atoms with E-state index in [1.54, 1.807) is 0 Å². The SMILES string of the molecule is c1ccc(-c2ccc(-n3c4ccc(-c5cccc6c5oc5ccccc56)cc4c4cc(-n5c6ccccc6c6ccccc65)ccc43)cc2)nc1. The molecular weight excluding hydrogens is 623 g/mol. The van der Waals surface area contributed by atoms with Crippen LogP contribution in [-0.4, -0.2) is 14.1 Å². The fourth-order valence-corrected chi connectivity index (χ4v) is 8.09. The summed E-state index contributed by atoms with van der Waals surface area (Å²) in [4.78, 5) is 4.58. The van der Waals surface area contributed by atoms with E-state index in [4.69, 9.17) is 4.42 Å². The molecule has 0 unspecified atom stereocenters. The van der Waals surface area contributed by atoms with Crippen molar-refractivity contribution in [1.82, 2.24) is 14.1 Å². The van der Waals surface area contributed by atoms with Gasteiger partial charge in [0.25, 0.3) is 0 Å². The molecule has 11 rings (SSSR count). The van der Waals surface area contributed by atoms with Gasteiger partial charge in [0.15, 0.2) is 0 Å². The van der Waals surface area contributed by atoms with Crippen LogP contribution in [0.5, 0.6) is 0 Å². The first kappa shape index (κ1) is 28.0. The van der Waals surface area contributed by atoms with Crippen LogP contribution >= 0.6 is 0 Å². The molecule has 0 bridgehead atoms. The van der Waals surface area contributed by atoms with E-state index in [9.17, 15) is 0 Å². The highest BCUT2D eigenvalue weighted by Crippen LogP contribution is 2.41. The van der Waals surface area contributed by atoms with Crippen molar-refractivity contribution in [3.8, 4) is 33.8 Å². The Hall–Kier alpha value is -6.91. The van der Waals surface area contributed by atoms with E-state index >= 15 is 0 Å². The molecule has 4 nitrogen and oxygen atoms in total. The van der Waals surface area contributed by atoms with E-state index in [1.807, 2.05) is 30.5 Å². The maximum atomic E-state index is 6.50. The molecule has 0 saturated carbocycles. The lowest BCUT2D eigenvalue weighted by Crippen LogP contribution is -1.96. The minimum Gasteiger partial charge on any atom is -0.455 e. The minimum atomic E-state index is 0.905. The van der Waals surface area contributed by atoms with Crippen LogP contribution in [0.25, 0.3) is 99.3 Å². The highest BCUT2D eigenvalue weighted by Gasteiger charge is 2.19. The van der Waals surface area contributed by atoms with Gasteiger partial charge >= 0.3 is 0 Å². The second-order valence-corrected chi connectivity index (χ2v) is 13.2. The maximum Gasteiger partial charge on any atom is 0.143 e. The van der Waals surface area contributed by atoms with Crippen molar-refractivity contribution in [2.45, 2.75) is 0 Å². The third-order valence-corrected chi connectivity index (χ3v) is 10.4. The van der Waals surface area contributed by atoms with Gasteiger partial charge < -0.3 is 13.6 Å².